The fourth-order valence-electron chi connectivity index (χ4n) is 3.49. The normalized spacial score (nSPS) is 18.7. The first-order valence-electron chi connectivity index (χ1n) is 11.1. The number of nitrogen functional groups attached to an aromatic ring is 1. The zero-order valence-corrected chi connectivity index (χ0v) is 23.9. The Bertz CT molecular complexity index is 1540. The number of carboxylic acids is 1. The Kier molecular flexibility index (Phi) is 9.11. The molecule has 23 heteroatoms. The first kappa shape index (κ1) is 30.2. The van der Waals surface area contributed by atoms with Gasteiger partial charge in [0, 0.05) is 23.9 Å². The number of nitrogens with one attached hydrogen (secondary N) is 1. The van der Waals surface area contributed by atoms with Crippen molar-refractivity contribution in [3.8, 4) is 0 Å². The zero-order valence-electron chi connectivity index (χ0n) is 20.7. The van der Waals surface area contributed by atoms with E-state index in [1.807, 2.05) is 0 Å². The smallest absolute Gasteiger partial charge is 0.441 e. The summed E-state index contributed by atoms with van der Waals surface area (Å²) in [6, 6.07) is -1.05. The predicted molar refractivity (Wildman–Crippen MR) is 145 cm³/mol. The van der Waals surface area contributed by atoms with Crippen LogP contribution < -0.4 is 16.0 Å². The Morgan fingerprint density at radius 2 is 2.17 bits per heavy atom. The summed E-state index contributed by atoms with van der Waals surface area (Å²) in [5.74, 6) is -3.00. The summed E-state index contributed by atoms with van der Waals surface area (Å²) < 4.78 is 32.1. The number of aromatic nitrogens is 5. The second-order valence-corrected chi connectivity index (χ2v) is 12.6. The number of carbonyl (C=O) groups is 4. The molecule has 5 N–H and O–H groups in total. The maximum atomic E-state index is 12.8. The van der Waals surface area contributed by atoms with Gasteiger partial charge in [0.2, 0.25) is 5.16 Å². The van der Waals surface area contributed by atoms with Crippen LogP contribution >= 0.6 is 34.9 Å². The number of fused-ring (bicyclic) bond motifs is 1. The maximum absolute atomic E-state index is 12.8. The van der Waals surface area contributed by atoms with Crippen LogP contribution in [0.5, 0.6) is 0 Å². The molecule has 0 spiro atoms. The number of hydrogen-bond acceptors (Lipinski definition) is 16. The van der Waals surface area contributed by atoms with E-state index in [0.29, 0.717) is 11.8 Å². The van der Waals surface area contributed by atoms with Gasteiger partial charge in [-0.3, -0.25) is 28.8 Å². The molecule has 4 heterocycles. The number of thiazole rings is 1. The molecule has 4 rings (SSSR count). The first-order chi connectivity index (χ1) is 19.4. The first-order valence-corrected chi connectivity index (χ1v) is 15.6. The SMILES string of the molecule is CN(C(=O)O/N=C/C(=O)NC1C(=O)N2C(C(=O)O)=C(CSc3nnnn3CCS(=O)(=O)O)CSC12)c1csc(N)n1. The lowest BCUT2D eigenvalue weighted by atomic mass is 10.0. The van der Waals surface area contributed by atoms with Gasteiger partial charge in [0.25, 0.3) is 21.9 Å². The van der Waals surface area contributed by atoms with Crippen LogP contribution in [-0.4, -0.2) is 114 Å². The molecule has 0 aromatic carbocycles. The number of anilines is 2. The van der Waals surface area contributed by atoms with E-state index < -0.39 is 51.2 Å². The number of oxime groups is 1. The third-order valence-electron chi connectivity index (χ3n) is 5.41. The van der Waals surface area contributed by atoms with Gasteiger partial charge in [-0.1, -0.05) is 16.9 Å². The Labute approximate surface area is 242 Å². The van der Waals surface area contributed by atoms with E-state index in [9.17, 15) is 32.7 Å². The topological polar surface area (TPSA) is 265 Å². The quantitative estimate of drug-likeness (QED) is 0.0550. The summed E-state index contributed by atoms with van der Waals surface area (Å²) in [6.45, 7) is -0.220. The van der Waals surface area contributed by atoms with E-state index in [4.69, 9.17) is 10.3 Å². The van der Waals surface area contributed by atoms with Gasteiger partial charge >= 0.3 is 12.1 Å². The van der Waals surface area contributed by atoms with Crippen LogP contribution in [0.1, 0.15) is 0 Å². The fraction of sp³-hybridized carbons (Fsp3) is 0.389. The highest BCUT2D eigenvalue weighted by Gasteiger charge is 2.54. The molecule has 2 aliphatic rings. The lowest BCUT2D eigenvalue weighted by Gasteiger charge is -2.49. The largest absolute Gasteiger partial charge is 0.477 e. The second kappa shape index (κ2) is 12.4. The maximum Gasteiger partial charge on any atom is 0.441 e. The Hall–Kier alpha value is -3.80. The summed E-state index contributed by atoms with van der Waals surface area (Å²) in [6.07, 6.45) is -0.283. The van der Waals surface area contributed by atoms with Gasteiger partial charge in [-0.15, -0.1) is 28.2 Å². The van der Waals surface area contributed by atoms with E-state index >= 15 is 0 Å². The van der Waals surface area contributed by atoms with Crippen LogP contribution in [0.25, 0.3) is 0 Å². The Morgan fingerprint density at radius 3 is 2.83 bits per heavy atom. The van der Waals surface area contributed by atoms with Crippen LogP contribution in [0.4, 0.5) is 15.7 Å². The van der Waals surface area contributed by atoms with E-state index in [1.165, 1.54) is 24.2 Å². The average Bonchev–Trinajstić information content (AvgIpc) is 3.56. The molecule has 2 atom stereocenters. The summed E-state index contributed by atoms with van der Waals surface area (Å²) in [7, 11) is -2.89. The Balaban J connectivity index is 1.34. The van der Waals surface area contributed by atoms with Crippen molar-refractivity contribution in [2.75, 3.05) is 34.9 Å². The van der Waals surface area contributed by atoms with Gasteiger partial charge < -0.3 is 16.2 Å². The molecule has 1 fully saturated rings. The van der Waals surface area contributed by atoms with Crippen LogP contribution in [0.15, 0.2) is 27.0 Å². The molecule has 2 aliphatic heterocycles. The number of nitrogens with two attached hydrogens (primary N) is 1. The second-order valence-electron chi connectivity index (χ2n) is 8.11. The highest BCUT2D eigenvalue weighted by atomic mass is 32.2. The molecular formula is C18H20N10O9S4. The summed E-state index contributed by atoms with van der Waals surface area (Å²) in [5.41, 5.74) is 5.65. The fourth-order valence-corrected chi connectivity index (χ4v) is 6.86. The van der Waals surface area contributed by atoms with Crippen LogP contribution in [0.2, 0.25) is 0 Å². The standard InChI is InChI=1S/C18H20N10O9S4/c1-26(9-7-39-16(19)21-9)18(33)37-20-4-10(29)22-11-13(30)28-12(15(31)32)8(5-38-14(11)28)6-40-17-23-24-25-27(17)2-3-41(34,35)36/h4,7,11,14H,2-3,5-6H2,1H3,(H2,19,21)(H,22,29)(H,31,32)(H,34,35,36)/b20-4+. The summed E-state index contributed by atoms with van der Waals surface area (Å²) in [5, 5.41) is 27.7. The van der Waals surface area contributed by atoms with Gasteiger partial charge in [-0.05, 0) is 16.0 Å². The molecule has 41 heavy (non-hydrogen) atoms. The predicted octanol–water partition coefficient (Wildman–Crippen LogP) is -1.31. The van der Waals surface area contributed by atoms with Gasteiger partial charge in [-0.25, -0.2) is 19.3 Å². The monoisotopic (exact) mass is 648 g/mol. The van der Waals surface area contributed by atoms with Crippen LogP contribution in [0, 0.1) is 0 Å². The highest BCUT2D eigenvalue weighted by molar-refractivity contribution is 8.01. The number of β-lactam (4-membered cyclic amide) rings is 1. The molecule has 0 aliphatic carbocycles. The van der Waals surface area contributed by atoms with Crippen molar-refractivity contribution in [3.05, 3.63) is 16.7 Å². The van der Waals surface area contributed by atoms with Crippen LogP contribution in [0.3, 0.4) is 0 Å². The molecule has 2 aromatic heterocycles. The lowest BCUT2D eigenvalue weighted by molar-refractivity contribution is -0.150. The molecule has 3 amide bonds. The lowest BCUT2D eigenvalue weighted by Crippen LogP contribution is -2.70. The van der Waals surface area contributed by atoms with Gasteiger partial charge in [0.15, 0.2) is 10.9 Å². The number of aliphatic carboxylic acids is 1. The van der Waals surface area contributed by atoms with Gasteiger partial charge in [0.1, 0.15) is 23.3 Å². The minimum absolute atomic E-state index is 0.0639. The molecule has 0 saturated carbocycles. The van der Waals surface area contributed by atoms with Crippen molar-refractivity contribution in [3.63, 3.8) is 0 Å². The molecule has 2 aromatic rings. The number of tetrazole rings is 1. The van der Waals surface area contributed by atoms with E-state index in [2.05, 4.69) is 35.8 Å². The van der Waals surface area contributed by atoms with Crippen molar-refractivity contribution < 1.29 is 42.1 Å². The highest BCUT2D eigenvalue weighted by Crippen LogP contribution is 2.41. The van der Waals surface area contributed by atoms with Crippen molar-refractivity contribution in [2.45, 2.75) is 23.1 Å². The molecule has 1 saturated heterocycles. The van der Waals surface area contributed by atoms with Crippen molar-refractivity contribution >= 4 is 86.0 Å². The number of amides is 3. The minimum atomic E-state index is -4.25. The molecule has 220 valence electrons. The molecule has 2 unspecified atom stereocenters. The summed E-state index contributed by atoms with van der Waals surface area (Å²) >= 11 is 3.35. The number of rotatable bonds is 11. The minimum Gasteiger partial charge on any atom is -0.477 e. The molecular weight excluding hydrogens is 629 g/mol. The van der Waals surface area contributed by atoms with Gasteiger partial charge in [-0.2, -0.15) is 8.42 Å². The molecule has 0 bridgehead atoms. The van der Waals surface area contributed by atoms with Gasteiger partial charge in [0.05, 0.1) is 12.3 Å². The van der Waals surface area contributed by atoms with Crippen molar-refractivity contribution in [1.82, 2.24) is 35.4 Å². The van der Waals surface area contributed by atoms with E-state index in [0.717, 1.165) is 37.6 Å². The average molecular weight is 649 g/mol. The van der Waals surface area contributed by atoms with Crippen molar-refractivity contribution in [2.24, 2.45) is 5.16 Å². The molecule has 0 radical (unpaired) electrons. The number of thioether (sulfide) groups is 2. The number of carbonyl (C=O) groups excluding carboxylic acids is 3. The number of hydrogen-bond donors (Lipinski definition) is 4. The zero-order chi connectivity index (χ0) is 29.9. The number of nitrogens with zero attached hydrogens (tertiary/aromatic N) is 8. The molecule has 19 nitrogen and oxygen atoms in total. The van der Waals surface area contributed by atoms with E-state index in [-0.39, 0.29) is 39.9 Å². The Morgan fingerprint density at radius 1 is 1.41 bits per heavy atom. The number of aryl methyl sites for hydroxylation is 1. The van der Waals surface area contributed by atoms with E-state index in [1.54, 1.807) is 0 Å². The van der Waals surface area contributed by atoms with Crippen LogP contribution in [-0.2, 0) is 35.9 Å². The number of carboxylic acid groups (broad SMARTS) is 1. The summed E-state index contributed by atoms with van der Waals surface area (Å²) in [4.78, 5) is 59.8. The third kappa shape index (κ3) is 7.10. The third-order valence-corrected chi connectivity index (χ3v) is 9.15. The van der Waals surface area contributed by atoms with Crippen molar-refractivity contribution in [1.29, 1.82) is 0 Å².